The molecule has 19 rings (SSSR count). The molecule has 5 aliphatic carbocycles. The number of rotatable bonds is 28. The lowest BCUT2D eigenvalue weighted by Crippen LogP contribution is -2.71. The number of para-hydroxylation sites is 3. The van der Waals surface area contributed by atoms with Crippen molar-refractivity contribution >= 4 is 135 Å². The Morgan fingerprint density at radius 3 is 1.16 bits per heavy atom. The number of aryl methyl sites for hydroxylation is 4. The van der Waals surface area contributed by atoms with Crippen LogP contribution in [-0.4, -0.2) is 210 Å². The number of hydrogen-bond donors (Lipinski definition) is 10. The van der Waals surface area contributed by atoms with E-state index in [0.717, 1.165) is 69.8 Å². The Morgan fingerprint density at radius 1 is 0.419 bits per heavy atom. The van der Waals surface area contributed by atoms with Gasteiger partial charge in [0.15, 0.2) is 69.4 Å². The van der Waals surface area contributed by atoms with Crippen LogP contribution in [0.1, 0.15) is 105 Å². The first-order chi connectivity index (χ1) is 64.6. The first-order valence-corrected chi connectivity index (χ1v) is 46.1. The second-order valence-electron chi connectivity index (χ2n) is 32.1. The summed E-state index contributed by atoms with van der Waals surface area (Å²) in [7, 11) is 6.04. The summed E-state index contributed by atoms with van der Waals surface area (Å²) in [6.07, 6.45) is 16.4. The van der Waals surface area contributed by atoms with E-state index in [1.165, 1.54) is 30.3 Å². The van der Waals surface area contributed by atoms with Crippen LogP contribution in [0.2, 0.25) is 0 Å². The molecule has 41 nitrogen and oxygen atoms in total. The molecule has 7 fully saturated rings. The van der Waals surface area contributed by atoms with E-state index in [0.29, 0.717) is 108 Å². The smallest absolute Gasteiger partial charge is 0.323 e. The van der Waals surface area contributed by atoms with Crippen LogP contribution in [-0.2, 0) is 51.7 Å². The van der Waals surface area contributed by atoms with Crippen molar-refractivity contribution in [2.24, 2.45) is 51.9 Å². The molecule has 12 aromatic rings. The summed E-state index contributed by atoms with van der Waals surface area (Å²) >= 11 is 0. The Morgan fingerprint density at radius 2 is 0.783 bits per heavy atom. The standard InChI is InChI=1S/C23H24N6O3.C21H23N9O3.C21H25N8O3P.C21H25N6O3P/c1-29-12-25-22(28-29)15-4-3-5-17(21(15)32-2)26-18-10-19(27-23(31)14-8-9-14)24-11-16(18)20(30)13-6-7-13;1-22-20(31)17-15(9-16(26-27-17)25-21(32)30-11-7-12(30)8-11)24-14-6-4-5-13(18(14)33-3)19-23-10-29(2)28-19;1-22-21(31)17-15(10-16(26-27-17)25-20(30)12-8-9-12)24-14-7-5-6-13(18(14)33(3,4)32)19-23-11-29(2)28-19;1-27-12-23-20(26-27)14-6-5-7-15(19(14)30-2)24-16-10-18(25-21(28)13-8-9-13)22-11-17(16)31(3,4)29/h3-5,10-14H,6-9H2,1-2H3,(H2,24,26,27,31);4-6,9-12H,7-8H2,1-3H3,(H,22,31)(H2,24,25,26,32);5-7,10-12H,8-9H2,1-4H3,(H,22,31)(H2,24,25,26,30);5-7,10-13H,8-9H2,1-4H3,(H2,22,24,25,28)/i11D;2*1D3;. The molecule has 7 aliphatic rings. The Balaban J connectivity index is 0.000000138. The molecule has 2 saturated heterocycles. The molecule has 5 saturated carbocycles. The Hall–Kier alpha value is -14.8. The molecule has 8 aromatic heterocycles. The van der Waals surface area contributed by atoms with Crippen molar-refractivity contribution in [2.75, 3.05) is 104 Å². The van der Waals surface area contributed by atoms with Crippen molar-refractivity contribution < 1.29 is 66.5 Å². The van der Waals surface area contributed by atoms with Gasteiger partial charge in [-0.05, 0) is 133 Å². The van der Waals surface area contributed by atoms with Crippen LogP contribution in [0.5, 0.6) is 17.2 Å². The van der Waals surface area contributed by atoms with Crippen molar-refractivity contribution in [3.63, 3.8) is 0 Å². The van der Waals surface area contributed by atoms with Gasteiger partial charge in [-0.1, -0.05) is 30.3 Å². The summed E-state index contributed by atoms with van der Waals surface area (Å²) in [6, 6.07) is 27.7. The molecule has 10 N–H and O–H groups in total. The Labute approximate surface area is 750 Å². The van der Waals surface area contributed by atoms with E-state index in [1.54, 1.807) is 162 Å². The molecule has 129 heavy (non-hydrogen) atoms. The molecular weight excluding hydrogens is 1690 g/mol. The normalized spacial score (nSPS) is 16.1. The van der Waals surface area contributed by atoms with Crippen molar-refractivity contribution in [3.05, 3.63) is 152 Å². The second-order valence-corrected chi connectivity index (χ2v) is 38.4. The molecule has 0 radical (unpaired) electrons. The molecule has 2 aliphatic heterocycles. The number of urea groups is 1. The zero-order valence-corrected chi connectivity index (χ0v) is 73.7. The third-order valence-corrected chi connectivity index (χ3v) is 24.4. The maximum atomic E-state index is 13.4. The number of methoxy groups -OCH3 is 3. The summed E-state index contributed by atoms with van der Waals surface area (Å²) in [5.41, 5.74) is 5.38. The molecule has 0 unspecified atom stereocenters. The number of Topliss-reactive ketones (excluding diaryl/α,β-unsaturated/α-hetero) is 1. The van der Waals surface area contributed by atoms with Crippen molar-refractivity contribution in [2.45, 2.75) is 76.3 Å². The minimum absolute atomic E-state index is 0.00665. The molecule has 2 bridgehead atoms. The van der Waals surface area contributed by atoms with Crippen molar-refractivity contribution in [3.8, 4) is 62.8 Å². The average molecular weight is 1800 g/mol. The highest BCUT2D eigenvalue weighted by molar-refractivity contribution is 7.71. The fourth-order valence-corrected chi connectivity index (χ4v) is 16.6. The molecular formula is C86H97N29O12P2. The van der Waals surface area contributed by atoms with Crippen LogP contribution in [0.25, 0.3) is 45.6 Å². The molecule has 7 amide bonds. The highest BCUT2D eigenvalue weighted by atomic mass is 31.2. The minimum atomic E-state index is -2.95. The fourth-order valence-electron chi connectivity index (χ4n) is 14.1. The van der Waals surface area contributed by atoms with E-state index < -0.39 is 40.0 Å². The molecule has 0 atom stereocenters. The van der Waals surface area contributed by atoms with Crippen LogP contribution in [0.3, 0.4) is 0 Å². The number of nitrogens with zero attached hydrogens (tertiary/aromatic N) is 19. The topological polar surface area (TPSA) is 505 Å². The van der Waals surface area contributed by atoms with E-state index in [2.05, 4.69) is 113 Å². The molecule has 668 valence electrons. The van der Waals surface area contributed by atoms with E-state index in [1.807, 2.05) is 47.0 Å². The zero-order valence-electron chi connectivity index (χ0n) is 78.9. The number of carbonyl (C=O) groups excluding carboxylic acids is 7. The second kappa shape index (κ2) is 37.8. The van der Waals surface area contributed by atoms with E-state index >= 15 is 0 Å². The molecule has 4 aromatic carbocycles. The van der Waals surface area contributed by atoms with Gasteiger partial charge in [-0.2, -0.15) is 20.4 Å². The van der Waals surface area contributed by atoms with Crippen molar-refractivity contribution in [1.29, 1.82) is 0 Å². The number of benzene rings is 4. The van der Waals surface area contributed by atoms with Gasteiger partial charge >= 0.3 is 6.03 Å². The highest BCUT2D eigenvalue weighted by Gasteiger charge is 2.53. The van der Waals surface area contributed by atoms with E-state index in [-0.39, 0.29) is 117 Å². The summed E-state index contributed by atoms with van der Waals surface area (Å²) in [4.78, 5) is 115. The van der Waals surface area contributed by atoms with Gasteiger partial charge in [-0.25, -0.2) is 34.7 Å². The lowest BCUT2D eigenvalue weighted by atomic mass is 9.73. The van der Waals surface area contributed by atoms with Crippen LogP contribution >= 0.6 is 14.3 Å². The average Bonchev–Trinajstić information content (AvgIpc) is 0.998. The number of hydrogen-bond acceptors (Lipinski definition) is 30. The largest absolute Gasteiger partial charge is 0.494 e. The number of anilines is 12. The van der Waals surface area contributed by atoms with E-state index in [9.17, 15) is 42.7 Å². The maximum absolute atomic E-state index is 13.4. The number of carbonyl (C=O) groups is 7. The fraction of sp³-hybridized carbons (Fsp3) is 0.337. The van der Waals surface area contributed by atoms with E-state index in [4.69, 9.17) is 23.8 Å². The lowest BCUT2D eigenvalue weighted by Gasteiger charge is -2.60. The van der Waals surface area contributed by atoms with Gasteiger partial charge in [0.05, 0.1) is 95.8 Å². The number of nitrogens with one attached hydrogen (secondary N) is 10. The quantitative estimate of drug-likeness (QED) is 0.0161. The molecule has 0 spiro atoms. The third-order valence-electron chi connectivity index (χ3n) is 21.4. The molecule has 43 heteroatoms. The van der Waals surface area contributed by atoms with Gasteiger partial charge in [0, 0.05) is 134 Å². The Bertz CT molecular complexity index is 6730. The lowest BCUT2D eigenvalue weighted by molar-refractivity contribution is -0.118. The zero-order chi connectivity index (χ0) is 97.1. The Kier molecular flexibility index (Phi) is 23.5. The van der Waals surface area contributed by atoms with Gasteiger partial charge < -0.3 is 76.1 Å². The molecule has 10 heterocycles. The summed E-state index contributed by atoms with van der Waals surface area (Å²) in [5, 5.41) is 61.4. The predicted octanol–water partition coefficient (Wildman–Crippen LogP) is 10.5. The first kappa shape index (κ1) is 80.1. The van der Waals surface area contributed by atoms with Crippen LogP contribution in [0.15, 0.2) is 135 Å². The van der Waals surface area contributed by atoms with Crippen LogP contribution in [0.4, 0.5) is 73.6 Å². The van der Waals surface area contributed by atoms with Gasteiger partial charge in [0.2, 0.25) is 17.7 Å². The number of ketones is 1. The predicted molar refractivity (Wildman–Crippen MR) is 485 cm³/mol. The summed E-state index contributed by atoms with van der Waals surface area (Å²) < 4.78 is 102. The van der Waals surface area contributed by atoms with Gasteiger partial charge in [-0.15, -0.1) is 20.4 Å². The number of amides is 7. The number of ether oxygens (including phenoxy) is 3. The monoisotopic (exact) mass is 1800 g/mol. The van der Waals surface area contributed by atoms with Gasteiger partial charge in [0.25, 0.3) is 11.8 Å². The number of aromatic nitrogens is 18. The summed E-state index contributed by atoms with van der Waals surface area (Å²) in [6.45, 7) is 1.06. The van der Waals surface area contributed by atoms with Crippen molar-refractivity contribution in [1.82, 2.24) is 105 Å². The first-order valence-electron chi connectivity index (χ1n) is 44.4. The number of pyridine rings is 2. The highest BCUT2D eigenvalue weighted by Crippen LogP contribution is 2.48. The maximum Gasteiger partial charge on any atom is 0.323 e. The van der Waals surface area contributed by atoms with Crippen LogP contribution < -0.4 is 78.0 Å². The van der Waals surface area contributed by atoms with Gasteiger partial charge in [0.1, 0.15) is 51.2 Å². The SMILES string of the molecule is COc1c(Nc2cc(NC(=O)C3CC3)ncc2P(C)(C)=O)cccc1-c1ncn(C)n1.[2H]C([2H])([2H])NC(=O)c1nnc(NC(=O)C2CC2)cc1Nc1cccc(-c2ncn(C)n2)c1P(C)(C)=O.[2H]C([2H])([2H])NC(=O)c1nnc(NC(=O)N2C3CC2C3)cc1Nc1cccc(-c2ncn(C)n2)c1OC.[2H]c1nc(NC(=O)C2CC2)cc(Nc2cccc(-c3ncn(C)n3)c2OC)c1C(=O)C1CC1. The summed E-state index contributed by atoms with van der Waals surface area (Å²) in [5.74, 6) is 1.53. The van der Waals surface area contributed by atoms with Crippen LogP contribution in [0, 0.1) is 23.7 Å². The minimum Gasteiger partial charge on any atom is -0.494 e. The van der Waals surface area contributed by atoms with Gasteiger partial charge in [-0.3, -0.25) is 52.8 Å². The third kappa shape index (κ3) is 20.9.